The molecule has 3 heteroatoms. The van der Waals surface area contributed by atoms with E-state index in [0.29, 0.717) is 12.5 Å². The van der Waals surface area contributed by atoms with Crippen LogP contribution >= 0.6 is 0 Å². The Morgan fingerprint density at radius 2 is 1.55 bits per heavy atom. The first-order valence-electron chi connectivity index (χ1n) is 6.84. The summed E-state index contributed by atoms with van der Waals surface area (Å²) in [5.41, 5.74) is 5.14. The fraction of sp³-hybridized carbons (Fsp3) is 0.294. The first-order chi connectivity index (χ1) is 9.66. The molecule has 2 rings (SSSR count). The van der Waals surface area contributed by atoms with Crippen LogP contribution in [-0.4, -0.2) is 6.61 Å². The van der Waals surface area contributed by atoms with Crippen LogP contribution in [0, 0.1) is 11.7 Å². The Balaban J connectivity index is 2.18. The van der Waals surface area contributed by atoms with Gasteiger partial charge < -0.3 is 4.84 Å². The van der Waals surface area contributed by atoms with E-state index in [9.17, 15) is 4.39 Å². The molecule has 0 aliphatic heterocycles. The summed E-state index contributed by atoms with van der Waals surface area (Å²) >= 11 is 0. The number of hydrogen-bond donors (Lipinski definition) is 1. The highest BCUT2D eigenvalue weighted by Gasteiger charge is 2.14. The van der Waals surface area contributed by atoms with Gasteiger partial charge in [-0.2, -0.15) is 5.48 Å². The van der Waals surface area contributed by atoms with Crippen LogP contribution in [0.1, 0.15) is 31.0 Å². The smallest absolute Gasteiger partial charge is 0.123 e. The summed E-state index contributed by atoms with van der Waals surface area (Å²) in [7, 11) is 0. The Kier molecular flexibility index (Phi) is 5.27. The summed E-state index contributed by atoms with van der Waals surface area (Å²) in [4.78, 5) is 5.55. The molecule has 1 N–H and O–H groups in total. The van der Waals surface area contributed by atoms with Gasteiger partial charge in [0.2, 0.25) is 0 Å². The van der Waals surface area contributed by atoms with Crippen LogP contribution < -0.4 is 5.48 Å². The number of nitrogens with one attached hydrogen (secondary N) is 1. The molecule has 1 unspecified atom stereocenters. The van der Waals surface area contributed by atoms with Crippen molar-refractivity contribution in [2.75, 3.05) is 6.61 Å². The SMILES string of the molecule is CC(C)CONC(c1ccccc1)c1ccc(F)cc1. The highest BCUT2D eigenvalue weighted by molar-refractivity contribution is 5.31. The Morgan fingerprint density at radius 1 is 0.950 bits per heavy atom. The van der Waals surface area contributed by atoms with Crippen molar-refractivity contribution < 1.29 is 9.23 Å². The minimum atomic E-state index is -0.233. The van der Waals surface area contributed by atoms with Gasteiger partial charge in [0.1, 0.15) is 5.82 Å². The third kappa shape index (κ3) is 4.15. The molecule has 0 bridgehead atoms. The number of rotatable bonds is 6. The largest absolute Gasteiger partial charge is 0.301 e. The van der Waals surface area contributed by atoms with E-state index in [-0.39, 0.29) is 11.9 Å². The van der Waals surface area contributed by atoms with Crippen LogP contribution in [0.3, 0.4) is 0 Å². The Morgan fingerprint density at radius 3 is 2.15 bits per heavy atom. The van der Waals surface area contributed by atoms with Crippen LogP contribution in [0.25, 0.3) is 0 Å². The topological polar surface area (TPSA) is 21.3 Å². The maximum absolute atomic E-state index is 13.1. The summed E-state index contributed by atoms with van der Waals surface area (Å²) in [6, 6.07) is 16.4. The molecule has 0 saturated heterocycles. The van der Waals surface area contributed by atoms with Crippen molar-refractivity contribution in [3.05, 3.63) is 71.5 Å². The molecule has 0 aliphatic carbocycles. The van der Waals surface area contributed by atoms with Crippen molar-refractivity contribution in [3.8, 4) is 0 Å². The summed E-state index contributed by atoms with van der Waals surface area (Å²) in [6.45, 7) is 4.82. The molecule has 0 fully saturated rings. The van der Waals surface area contributed by atoms with Gasteiger partial charge in [-0.1, -0.05) is 56.3 Å². The third-order valence-corrected chi connectivity index (χ3v) is 2.95. The fourth-order valence-electron chi connectivity index (χ4n) is 1.93. The van der Waals surface area contributed by atoms with Crippen LogP contribution in [0.2, 0.25) is 0 Å². The van der Waals surface area contributed by atoms with Crippen molar-refractivity contribution in [2.45, 2.75) is 19.9 Å². The van der Waals surface area contributed by atoms with E-state index in [1.54, 1.807) is 12.1 Å². The van der Waals surface area contributed by atoms with Crippen LogP contribution in [0.5, 0.6) is 0 Å². The van der Waals surface area contributed by atoms with Crippen molar-refractivity contribution in [3.63, 3.8) is 0 Å². The highest BCUT2D eigenvalue weighted by Crippen LogP contribution is 2.22. The van der Waals surface area contributed by atoms with Gasteiger partial charge in [-0.25, -0.2) is 4.39 Å². The Hall–Kier alpha value is -1.71. The molecule has 0 aromatic heterocycles. The van der Waals surface area contributed by atoms with E-state index >= 15 is 0 Å². The minimum absolute atomic E-state index is 0.101. The molecular formula is C17H20FNO. The second-order valence-electron chi connectivity index (χ2n) is 5.22. The maximum Gasteiger partial charge on any atom is 0.123 e. The zero-order chi connectivity index (χ0) is 14.4. The monoisotopic (exact) mass is 273 g/mol. The van der Waals surface area contributed by atoms with Crippen LogP contribution in [0.4, 0.5) is 4.39 Å². The van der Waals surface area contributed by atoms with E-state index in [1.807, 2.05) is 30.3 Å². The van der Waals surface area contributed by atoms with Gasteiger partial charge in [0.25, 0.3) is 0 Å². The predicted molar refractivity (Wildman–Crippen MR) is 78.6 cm³/mol. The summed E-state index contributed by atoms with van der Waals surface area (Å²) in [5, 5.41) is 0. The fourth-order valence-corrected chi connectivity index (χ4v) is 1.93. The van der Waals surface area contributed by atoms with Crippen molar-refractivity contribution in [2.24, 2.45) is 5.92 Å². The molecule has 0 saturated carbocycles. The van der Waals surface area contributed by atoms with E-state index in [1.165, 1.54) is 12.1 Å². The summed E-state index contributed by atoms with van der Waals surface area (Å²) in [5.74, 6) is 0.218. The first kappa shape index (κ1) is 14.7. The van der Waals surface area contributed by atoms with Gasteiger partial charge in [0, 0.05) is 0 Å². The summed E-state index contributed by atoms with van der Waals surface area (Å²) < 4.78 is 13.1. The molecule has 0 radical (unpaired) electrons. The van der Waals surface area contributed by atoms with Gasteiger partial charge in [0.15, 0.2) is 0 Å². The second-order valence-corrected chi connectivity index (χ2v) is 5.22. The average Bonchev–Trinajstić information content (AvgIpc) is 2.46. The molecule has 0 heterocycles. The van der Waals surface area contributed by atoms with Gasteiger partial charge in [0.05, 0.1) is 12.6 Å². The molecule has 0 amide bonds. The van der Waals surface area contributed by atoms with Gasteiger partial charge >= 0.3 is 0 Å². The van der Waals surface area contributed by atoms with Crippen LogP contribution in [0.15, 0.2) is 54.6 Å². The van der Waals surface area contributed by atoms with Gasteiger partial charge in [-0.15, -0.1) is 0 Å². The lowest BCUT2D eigenvalue weighted by Crippen LogP contribution is -2.24. The standard InChI is InChI=1S/C17H20FNO/c1-13(2)12-20-19-17(14-6-4-3-5-7-14)15-8-10-16(18)11-9-15/h3-11,13,17,19H,12H2,1-2H3. The third-order valence-electron chi connectivity index (χ3n) is 2.95. The zero-order valence-corrected chi connectivity index (χ0v) is 11.8. The van der Waals surface area contributed by atoms with E-state index in [2.05, 4.69) is 19.3 Å². The molecule has 2 aromatic rings. The van der Waals surface area contributed by atoms with Crippen molar-refractivity contribution >= 4 is 0 Å². The van der Waals surface area contributed by atoms with Gasteiger partial charge in [-0.05, 0) is 29.2 Å². The lowest BCUT2D eigenvalue weighted by molar-refractivity contribution is 0.00838. The quantitative estimate of drug-likeness (QED) is 0.800. The minimum Gasteiger partial charge on any atom is -0.301 e. The molecule has 20 heavy (non-hydrogen) atoms. The molecule has 1 atom stereocenters. The maximum atomic E-state index is 13.1. The lowest BCUT2D eigenvalue weighted by Gasteiger charge is -2.20. The van der Waals surface area contributed by atoms with Crippen LogP contribution in [-0.2, 0) is 4.84 Å². The lowest BCUT2D eigenvalue weighted by atomic mass is 9.99. The molecule has 0 spiro atoms. The number of hydroxylamine groups is 1. The van der Waals surface area contributed by atoms with E-state index < -0.39 is 0 Å². The highest BCUT2D eigenvalue weighted by atomic mass is 19.1. The van der Waals surface area contributed by atoms with E-state index in [0.717, 1.165) is 11.1 Å². The molecule has 2 aromatic carbocycles. The molecule has 106 valence electrons. The van der Waals surface area contributed by atoms with E-state index in [4.69, 9.17) is 4.84 Å². The summed E-state index contributed by atoms with van der Waals surface area (Å²) in [6.07, 6.45) is 0. The zero-order valence-electron chi connectivity index (χ0n) is 11.8. The molecular weight excluding hydrogens is 253 g/mol. The number of benzene rings is 2. The van der Waals surface area contributed by atoms with Crippen molar-refractivity contribution in [1.82, 2.24) is 5.48 Å². The molecule has 0 aliphatic rings. The second kappa shape index (κ2) is 7.17. The van der Waals surface area contributed by atoms with Crippen molar-refractivity contribution in [1.29, 1.82) is 0 Å². The molecule has 2 nitrogen and oxygen atoms in total. The Labute approximate surface area is 119 Å². The Bertz CT molecular complexity index is 510. The number of halogens is 1. The first-order valence-corrected chi connectivity index (χ1v) is 6.84. The average molecular weight is 273 g/mol. The predicted octanol–water partition coefficient (Wildman–Crippen LogP) is 4.09. The normalized spacial score (nSPS) is 12.6. The number of hydrogen-bond acceptors (Lipinski definition) is 2. The van der Waals surface area contributed by atoms with Gasteiger partial charge in [-0.3, -0.25) is 0 Å².